The number of rotatable bonds is 4. The summed E-state index contributed by atoms with van der Waals surface area (Å²) in [5.74, 6) is -0.654. The maximum atomic E-state index is 10.7. The lowest BCUT2D eigenvalue weighted by Crippen LogP contribution is -2.28. The molecule has 0 atom stereocenters. The van der Waals surface area contributed by atoms with E-state index in [1.165, 1.54) is 12.2 Å². The van der Waals surface area contributed by atoms with E-state index in [9.17, 15) is 9.59 Å². The minimum absolute atomic E-state index is 0.170. The molecule has 0 spiro atoms. The first kappa shape index (κ1) is 9.62. The summed E-state index contributed by atoms with van der Waals surface area (Å²) in [6, 6.07) is 0. The van der Waals surface area contributed by atoms with E-state index in [1.54, 1.807) is 0 Å². The molecule has 0 fully saturated rings. The van der Waals surface area contributed by atoms with Gasteiger partial charge in [0.25, 0.3) is 0 Å². The van der Waals surface area contributed by atoms with Gasteiger partial charge in [0.2, 0.25) is 11.8 Å². The zero-order valence-corrected chi connectivity index (χ0v) is 6.30. The number of carbonyl (C=O) groups is 2. The summed E-state index contributed by atoms with van der Waals surface area (Å²) in [5.41, 5.74) is 0. The molecule has 0 saturated heterocycles. The molecule has 2 amide bonds. The standard InChI is InChI=1S/C8H11NO2/c1-3-5-7(10)9-8(11)6-4-2/h3-4H,1-2,5-6H2,(H,9,10,11). The number of hydrogen-bond acceptors (Lipinski definition) is 2. The van der Waals surface area contributed by atoms with Crippen LogP contribution < -0.4 is 5.32 Å². The molecule has 3 heteroatoms. The summed E-state index contributed by atoms with van der Waals surface area (Å²) in [6.07, 6.45) is 3.22. The van der Waals surface area contributed by atoms with Gasteiger partial charge in [0, 0.05) is 12.8 Å². The van der Waals surface area contributed by atoms with Crippen LogP contribution in [0.25, 0.3) is 0 Å². The highest BCUT2D eigenvalue weighted by Gasteiger charge is 2.02. The van der Waals surface area contributed by atoms with Crippen LogP contribution in [0.4, 0.5) is 0 Å². The highest BCUT2D eigenvalue weighted by atomic mass is 16.2. The molecule has 1 N–H and O–H groups in total. The molecule has 11 heavy (non-hydrogen) atoms. The molecule has 60 valence electrons. The third kappa shape index (κ3) is 5.08. The van der Waals surface area contributed by atoms with E-state index in [2.05, 4.69) is 18.5 Å². The van der Waals surface area contributed by atoms with Gasteiger partial charge in [0.1, 0.15) is 0 Å². The van der Waals surface area contributed by atoms with Crippen LogP contribution >= 0.6 is 0 Å². The van der Waals surface area contributed by atoms with Crippen molar-refractivity contribution >= 4 is 11.8 Å². The second-order valence-corrected chi connectivity index (χ2v) is 1.96. The van der Waals surface area contributed by atoms with Gasteiger partial charge in [0.05, 0.1) is 0 Å². The predicted octanol–water partition coefficient (Wildman–Crippen LogP) is 0.781. The molecule has 0 aromatic carbocycles. The van der Waals surface area contributed by atoms with Crippen LogP contribution in [0.2, 0.25) is 0 Å². The summed E-state index contributed by atoms with van der Waals surface area (Å²) in [7, 11) is 0. The monoisotopic (exact) mass is 153 g/mol. The molecule has 0 heterocycles. The van der Waals surface area contributed by atoms with E-state index in [-0.39, 0.29) is 24.7 Å². The predicted molar refractivity (Wildman–Crippen MR) is 42.8 cm³/mol. The van der Waals surface area contributed by atoms with Gasteiger partial charge in [-0.15, -0.1) is 13.2 Å². The van der Waals surface area contributed by atoms with Gasteiger partial charge in [-0.25, -0.2) is 0 Å². The largest absolute Gasteiger partial charge is 0.296 e. The summed E-state index contributed by atoms with van der Waals surface area (Å²) >= 11 is 0. The van der Waals surface area contributed by atoms with Crippen LogP contribution in [0, 0.1) is 0 Å². The molecule has 0 saturated carbocycles. The molecule has 0 unspecified atom stereocenters. The van der Waals surface area contributed by atoms with Crippen molar-refractivity contribution in [3.05, 3.63) is 25.3 Å². The minimum atomic E-state index is -0.327. The first-order valence-corrected chi connectivity index (χ1v) is 3.25. The van der Waals surface area contributed by atoms with Crippen LogP contribution in [-0.4, -0.2) is 11.8 Å². The van der Waals surface area contributed by atoms with Crippen molar-refractivity contribution in [3.8, 4) is 0 Å². The Morgan fingerprint density at radius 1 is 1.09 bits per heavy atom. The van der Waals surface area contributed by atoms with Crippen molar-refractivity contribution in [1.29, 1.82) is 0 Å². The summed E-state index contributed by atoms with van der Waals surface area (Å²) in [5, 5.41) is 2.16. The smallest absolute Gasteiger partial charge is 0.230 e. The SMILES string of the molecule is C=CCC(=O)NC(=O)CC=C. The van der Waals surface area contributed by atoms with Crippen molar-refractivity contribution in [2.75, 3.05) is 0 Å². The Hall–Kier alpha value is -1.38. The third-order valence-corrected chi connectivity index (χ3v) is 0.938. The van der Waals surface area contributed by atoms with Crippen LogP contribution in [0.15, 0.2) is 25.3 Å². The average Bonchev–Trinajstić information content (AvgIpc) is 1.87. The van der Waals surface area contributed by atoms with Gasteiger partial charge < -0.3 is 0 Å². The molecule has 3 nitrogen and oxygen atoms in total. The fourth-order valence-electron chi connectivity index (χ4n) is 0.520. The number of hydrogen-bond donors (Lipinski definition) is 1. The van der Waals surface area contributed by atoms with Gasteiger partial charge in [-0.05, 0) is 0 Å². The van der Waals surface area contributed by atoms with Crippen LogP contribution in [0.1, 0.15) is 12.8 Å². The van der Waals surface area contributed by atoms with Gasteiger partial charge in [-0.3, -0.25) is 14.9 Å². The zero-order chi connectivity index (χ0) is 8.69. The molecule has 0 aliphatic rings. The molecule has 0 aliphatic carbocycles. The van der Waals surface area contributed by atoms with Gasteiger partial charge >= 0.3 is 0 Å². The van der Waals surface area contributed by atoms with E-state index < -0.39 is 0 Å². The third-order valence-electron chi connectivity index (χ3n) is 0.938. The topological polar surface area (TPSA) is 46.2 Å². The van der Waals surface area contributed by atoms with E-state index in [0.717, 1.165) is 0 Å². The average molecular weight is 153 g/mol. The van der Waals surface area contributed by atoms with Crippen molar-refractivity contribution in [3.63, 3.8) is 0 Å². The van der Waals surface area contributed by atoms with E-state index >= 15 is 0 Å². The van der Waals surface area contributed by atoms with Crippen molar-refractivity contribution in [2.45, 2.75) is 12.8 Å². The quantitative estimate of drug-likeness (QED) is 0.607. The first-order valence-electron chi connectivity index (χ1n) is 3.25. The van der Waals surface area contributed by atoms with Gasteiger partial charge in [0.15, 0.2) is 0 Å². The molecule has 0 aliphatic heterocycles. The summed E-state index contributed by atoms with van der Waals surface area (Å²) < 4.78 is 0. The number of imide groups is 1. The molecule has 0 aromatic heterocycles. The van der Waals surface area contributed by atoms with Crippen molar-refractivity contribution in [2.24, 2.45) is 0 Å². The summed E-state index contributed by atoms with van der Waals surface area (Å²) in [6.45, 7) is 6.72. The Balaban J connectivity index is 3.65. The molecule has 0 aromatic rings. The zero-order valence-electron chi connectivity index (χ0n) is 6.30. The van der Waals surface area contributed by atoms with Crippen LogP contribution in [-0.2, 0) is 9.59 Å². The Labute approximate surface area is 65.8 Å². The number of carbonyl (C=O) groups excluding carboxylic acids is 2. The summed E-state index contributed by atoms with van der Waals surface area (Å²) in [4.78, 5) is 21.4. The van der Waals surface area contributed by atoms with E-state index in [0.29, 0.717) is 0 Å². The lowest BCUT2D eigenvalue weighted by molar-refractivity contribution is -0.129. The Bertz CT molecular complexity index is 165. The normalized spacial score (nSPS) is 8.36. The molecular weight excluding hydrogens is 142 g/mol. The van der Waals surface area contributed by atoms with E-state index in [4.69, 9.17) is 0 Å². The van der Waals surface area contributed by atoms with Crippen molar-refractivity contribution in [1.82, 2.24) is 5.32 Å². The highest BCUT2D eigenvalue weighted by molar-refractivity contribution is 5.96. The van der Waals surface area contributed by atoms with Crippen LogP contribution in [0.5, 0.6) is 0 Å². The number of amides is 2. The first-order chi connectivity index (χ1) is 5.20. The Morgan fingerprint density at radius 2 is 1.45 bits per heavy atom. The van der Waals surface area contributed by atoms with Crippen LogP contribution in [0.3, 0.4) is 0 Å². The molecular formula is C8H11NO2. The van der Waals surface area contributed by atoms with Gasteiger partial charge in [-0.1, -0.05) is 12.2 Å². The second kappa shape index (κ2) is 5.41. The Kier molecular flexibility index (Phi) is 4.73. The molecule has 0 rings (SSSR count). The molecule has 0 bridgehead atoms. The van der Waals surface area contributed by atoms with Crippen molar-refractivity contribution < 1.29 is 9.59 Å². The van der Waals surface area contributed by atoms with Gasteiger partial charge in [-0.2, -0.15) is 0 Å². The second-order valence-electron chi connectivity index (χ2n) is 1.96. The minimum Gasteiger partial charge on any atom is -0.296 e. The lowest BCUT2D eigenvalue weighted by Gasteiger charge is -1.97. The fourth-order valence-corrected chi connectivity index (χ4v) is 0.520. The maximum Gasteiger partial charge on any atom is 0.230 e. The Morgan fingerprint density at radius 3 is 1.73 bits per heavy atom. The lowest BCUT2D eigenvalue weighted by atomic mass is 10.3. The number of nitrogens with one attached hydrogen (secondary N) is 1. The van der Waals surface area contributed by atoms with E-state index in [1.807, 2.05) is 0 Å². The fraction of sp³-hybridized carbons (Fsp3) is 0.250. The molecule has 0 radical (unpaired) electrons. The maximum absolute atomic E-state index is 10.7. The highest BCUT2D eigenvalue weighted by Crippen LogP contribution is 1.83.